The molecule has 0 saturated carbocycles. The van der Waals surface area contributed by atoms with Crippen LogP contribution in [0.25, 0.3) is 0 Å². The van der Waals surface area contributed by atoms with Gasteiger partial charge in [0.1, 0.15) is 18.3 Å². The number of aliphatic hydroxyl groups is 6. The zero-order chi connectivity index (χ0) is 12.7. The SMILES string of the molecule is O=C([C@@H](O)C(O)CCCO)[C@H](O)[C@H](O)CO. The van der Waals surface area contributed by atoms with Gasteiger partial charge in [0, 0.05) is 6.61 Å². The van der Waals surface area contributed by atoms with E-state index in [9.17, 15) is 15.0 Å². The van der Waals surface area contributed by atoms with Crippen LogP contribution in [0.2, 0.25) is 0 Å². The summed E-state index contributed by atoms with van der Waals surface area (Å²) in [7, 11) is 0. The van der Waals surface area contributed by atoms with E-state index in [-0.39, 0.29) is 19.4 Å². The standard InChI is InChI=1S/C9H18O7/c10-3-1-2-5(12)7(14)9(16)8(15)6(13)4-11/h5-8,10-15H,1-4H2/t5?,6-,7+,8-/m1/s1. The van der Waals surface area contributed by atoms with Crippen molar-refractivity contribution in [3.8, 4) is 0 Å². The summed E-state index contributed by atoms with van der Waals surface area (Å²) in [5, 5.41) is 53.6. The van der Waals surface area contributed by atoms with Gasteiger partial charge >= 0.3 is 0 Å². The van der Waals surface area contributed by atoms with E-state index < -0.39 is 36.8 Å². The Labute approximate surface area is 92.6 Å². The lowest BCUT2D eigenvalue weighted by molar-refractivity contribution is -0.149. The molecule has 0 radical (unpaired) electrons. The summed E-state index contributed by atoms with van der Waals surface area (Å²) in [6, 6.07) is 0. The lowest BCUT2D eigenvalue weighted by atomic mass is 9.99. The van der Waals surface area contributed by atoms with Crippen LogP contribution >= 0.6 is 0 Å². The molecule has 0 amide bonds. The maximum absolute atomic E-state index is 11.3. The van der Waals surface area contributed by atoms with E-state index in [1.807, 2.05) is 0 Å². The van der Waals surface area contributed by atoms with Gasteiger partial charge in [0.05, 0.1) is 12.7 Å². The molecule has 0 heterocycles. The van der Waals surface area contributed by atoms with Gasteiger partial charge in [0.25, 0.3) is 0 Å². The lowest BCUT2D eigenvalue weighted by Crippen LogP contribution is -2.46. The molecule has 0 aromatic rings. The van der Waals surface area contributed by atoms with Gasteiger partial charge in [-0.1, -0.05) is 0 Å². The number of carbonyl (C=O) groups excluding carboxylic acids is 1. The van der Waals surface area contributed by atoms with Crippen molar-refractivity contribution in [1.29, 1.82) is 0 Å². The molecule has 0 fully saturated rings. The number of aliphatic hydroxyl groups excluding tert-OH is 6. The van der Waals surface area contributed by atoms with Gasteiger partial charge in [-0.2, -0.15) is 0 Å². The second kappa shape index (κ2) is 7.66. The van der Waals surface area contributed by atoms with Gasteiger partial charge in [0.2, 0.25) is 0 Å². The zero-order valence-corrected chi connectivity index (χ0v) is 8.73. The Kier molecular flexibility index (Phi) is 7.39. The molecule has 0 rings (SSSR count). The van der Waals surface area contributed by atoms with Crippen molar-refractivity contribution in [3.63, 3.8) is 0 Å². The van der Waals surface area contributed by atoms with Gasteiger partial charge < -0.3 is 30.6 Å². The highest BCUT2D eigenvalue weighted by Crippen LogP contribution is 2.07. The Balaban J connectivity index is 4.25. The van der Waals surface area contributed by atoms with Gasteiger partial charge in [-0.3, -0.25) is 4.79 Å². The normalized spacial score (nSPS) is 18.9. The summed E-state index contributed by atoms with van der Waals surface area (Å²) >= 11 is 0. The van der Waals surface area contributed by atoms with E-state index in [4.69, 9.17) is 20.4 Å². The fourth-order valence-corrected chi connectivity index (χ4v) is 1.11. The Morgan fingerprint density at radius 2 is 1.44 bits per heavy atom. The molecule has 16 heavy (non-hydrogen) atoms. The van der Waals surface area contributed by atoms with Crippen LogP contribution in [0.15, 0.2) is 0 Å². The average molecular weight is 238 g/mol. The van der Waals surface area contributed by atoms with Crippen LogP contribution in [-0.4, -0.2) is 74.1 Å². The first-order valence-corrected chi connectivity index (χ1v) is 4.93. The summed E-state index contributed by atoms with van der Waals surface area (Å²) in [6.45, 7) is -1.02. The second-order valence-electron chi connectivity index (χ2n) is 3.48. The highest BCUT2D eigenvalue weighted by molar-refractivity contribution is 5.88. The molecular formula is C9H18O7. The summed E-state index contributed by atoms with van der Waals surface area (Å²) in [5.41, 5.74) is 0. The minimum absolute atomic E-state index is 0.00858. The van der Waals surface area contributed by atoms with Gasteiger partial charge in [-0.25, -0.2) is 0 Å². The van der Waals surface area contributed by atoms with Gasteiger partial charge in [-0.05, 0) is 12.8 Å². The summed E-state index contributed by atoms with van der Waals surface area (Å²) in [4.78, 5) is 11.3. The monoisotopic (exact) mass is 238 g/mol. The van der Waals surface area contributed by atoms with Gasteiger partial charge in [0.15, 0.2) is 5.78 Å². The third kappa shape index (κ3) is 4.52. The maximum Gasteiger partial charge on any atom is 0.195 e. The number of rotatable bonds is 8. The predicted octanol–water partition coefficient (Wildman–Crippen LogP) is -3.24. The van der Waals surface area contributed by atoms with E-state index in [0.717, 1.165) is 0 Å². The molecule has 0 aromatic carbocycles. The quantitative estimate of drug-likeness (QED) is 0.261. The third-order valence-electron chi connectivity index (χ3n) is 2.16. The van der Waals surface area contributed by atoms with E-state index in [2.05, 4.69) is 0 Å². The summed E-state index contributed by atoms with van der Waals surface area (Å²) in [5.74, 6) is -1.16. The molecule has 0 aliphatic rings. The van der Waals surface area contributed by atoms with Crippen LogP contribution < -0.4 is 0 Å². The van der Waals surface area contributed by atoms with Crippen LogP contribution in [-0.2, 0) is 4.79 Å². The fourth-order valence-electron chi connectivity index (χ4n) is 1.11. The molecule has 0 aliphatic carbocycles. The van der Waals surface area contributed by atoms with Crippen molar-refractivity contribution in [2.75, 3.05) is 13.2 Å². The van der Waals surface area contributed by atoms with Gasteiger partial charge in [-0.15, -0.1) is 0 Å². The first kappa shape index (κ1) is 15.4. The van der Waals surface area contributed by atoms with E-state index in [0.29, 0.717) is 0 Å². The molecule has 6 N–H and O–H groups in total. The molecule has 0 spiro atoms. The molecule has 7 nitrogen and oxygen atoms in total. The highest BCUT2D eigenvalue weighted by atomic mass is 16.4. The summed E-state index contributed by atoms with van der Waals surface area (Å²) in [6.07, 6.45) is -6.70. The first-order valence-electron chi connectivity index (χ1n) is 4.93. The third-order valence-corrected chi connectivity index (χ3v) is 2.16. The molecule has 0 aliphatic heterocycles. The Bertz CT molecular complexity index is 208. The molecule has 0 saturated heterocycles. The number of ketones is 1. The van der Waals surface area contributed by atoms with E-state index in [1.54, 1.807) is 0 Å². The smallest absolute Gasteiger partial charge is 0.195 e. The summed E-state index contributed by atoms with van der Waals surface area (Å²) < 4.78 is 0. The molecule has 96 valence electrons. The van der Waals surface area contributed by atoms with Crippen LogP contribution in [0.4, 0.5) is 0 Å². The topological polar surface area (TPSA) is 138 Å². The molecule has 1 unspecified atom stereocenters. The van der Waals surface area contributed by atoms with Crippen LogP contribution in [0.5, 0.6) is 0 Å². The fraction of sp³-hybridized carbons (Fsp3) is 0.889. The number of hydrogen-bond acceptors (Lipinski definition) is 7. The van der Waals surface area contributed by atoms with E-state index >= 15 is 0 Å². The zero-order valence-electron chi connectivity index (χ0n) is 8.73. The van der Waals surface area contributed by atoms with Crippen molar-refractivity contribution in [2.45, 2.75) is 37.3 Å². The molecule has 0 aromatic heterocycles. The van der Waals surface area contributed by atoms with Crippen LogP contribution in [0, 0.1) is 0 Å². The number of Topliss-reactive ketones (excluding diaryl/α,β-unsaturated/α-hetero) is 1. The molecule has 0 bridgehead atoms. The minimum Gasteiger partial charge on any atom is -0.396 e. The largest absolute Gasteiger partial charge is 0.396 e. The lowest BCUT2D eigenvalue weighted by Gasteiger charge is -2.21. The van der Waals surface area contributed by atoms with Crippen LogP contribution in [0.1, 0.15) is 12.8 Å². The van der Waals surface area contributed by atoms with Crippen molar-refractivity contribution in [1.82, 2.24) is 0 Å². The van der Waals surface area contributed by atoms with Crippen molar-refractivity contribution in [2.24, 2.45) is 0 Å². The van der Waals surface area contributed by atoms with Crippen molar-refractivity contribution in [3.05, 3.63) is 0 Å². The van der Waals surface area contributed by atoms with Crippen molar-refractivity contribution >= 4 is 5.78 Å². The highest BCUT2D eigenvalue weighted by Gasteiger charge is 2.32. The van der Waals surface area contributed by atoms with Crippen LogP contribution in [0.3, 0.4) is 0 Å². The Morgan fingerprint density at radius 1 is 0.938 bits per heavy atom. The molecular weight excluding hydrogens is 220 g/mol. The minimum atomic E-state index is -1.94. The van der Waals surface area contributed by atoms with E-state index in [1.165, 1.54) is 0 Å². The maximum atomic E-state index is 11.3. The Hall–Kier alpha value is -0.570. The predicted molar refractivity (Wildman–Crippen MR) is 52.4 cm³/mol. The first-order chi connectivity index (χ1) is 7.45. The molecule has 4 atom stereocenters. The number of carbonyl (C=O) groups is 1. The second-order valence-corrected chi connectivity index (χ2v) is 3.48. The van der Waals surface area contributed by atoms with Crippen molar-refractivity contribution < 1.29 is 35.4 Å². The number of hydrogen-bond donors (Lipinski definition) is 6. The molecule has 7 heteroatoms. The average Bonchev–Trinajstić information content (AvgIpc) is 2.31. The Morgan fingerprint density at radius 3 is 1.88 bits per heavy atom.